The number of aliphatic hydroxyl groups is 7. The van der Waals surface area contributed by atoms with Crippen molar-refractivity contribution in [3.8, 4) is 0 Å². The van der Waals surface area contributed by atoms with Gasteiger partial charge in [0.2, 0.25) is 0 Å². The first-order valence-corrected chi connectivity index (χ1v) is 26.9. The lowest BCUT2D eigenvalue weighted by atomic mass is 9.98. The minimum Gasteiger partial charge on any atom is -0.462 e. The average molecular weight is 973 g/mol. The van der Waals surface area contributed by atoms with Gasteiger partial charge >= 0.3 is 11.9 Å². The highest BCUT2D eigenvalue weighted by Gasteiger charge is 2.47. The van der Waals surface area contributed by atoms with Crippen molar-refractivity contribution >= 4 is 11.9 Å². The summed E-state index contributed by atoms with van der Waals surface area (Å²) in [5.74, 6) is -0.938. The highest BCUT2D eigenvalue weighted by atomic mass is 16.7. The van der Waals surface area contributed by atoms with Crippen molar-refractivity contribution in [1.82, 2.24) is 0 Å². The molecule has 15 nitrogen and oxygen atoms in total. The monoisotopic (exact) mass is 973 g/mol. The Morgan fingerprint density at radius 3 is 1.29 bits per heavy atom. The number of esters is 2. The summed E-state index contributed by atoms with van der Waals surface area (Å²) in [6.45, 7) is 2.58. The summed E-state index contributed by atoms with van der Waals surface area (Å²) in [5, 5.41) is 72.1. The van der Waals surface area contributed by atoms with Gasteiger partial charge in [-0.15, -0.1) is 0 Å². The SMILES string of the molecule is CCCCCCCCC/C=C\CCCCCCCC(=O)OCC(COC1OC(COC2OC(CO)C(O)C(O)C2O)C(O)C(O)C1O)OC(=O)CCCCCCC/C=C\CCCCCCCCC. The molecule has 0 amide bonds. The first-order valence-electron chi connectivity index (χ1n) is 26.9. The van der Waals surface area contributed by atoms with Gasteiger partial charge in [-0.05, 0) is 64.2 Å². The van der Waals surface area contributed by atoms with Crippen LogP contribution >= 0.6 is 0 Å². The highest BCUT2D eigenvalue weighted by molar-refractivity contribution is 5.70. The average Bonchev–Trinajstić information content (AvgIpc) is 3.33. The van der Waals surface area contributed by atoms with E-state index in [2.05, 4.69) is 38.2 Å². The smallest absolute Gasteiger partial charge is 0.306 e. The number of unbranched alkanes of at least 4 members (excludes halogenated alkanes) is 24. The standard InChI is InChI=1S/C53H96O15/c1-3-5-7-9-11-13-15-17-19-21-23-25-27-29-31-33-35-44(55)63-38-41(66-45(56)36-34-32-30-28-26-24-22-20-18-16-14-12-10-8-6-4-2)39-64-52-51(62)49(60)47(58)43(68-52)40-65-53-50(61)48(59)46(57)42(37-54)67-53/h19-22,41-43,46-54,57-62H,3-18,23-40H2,1-2H3/b21-19-,22-20-. The van der Waals surface area contributed by atoms with Crippen molar-refractivity contribution in [3.05, 3.63) is 24.3 Å². The molecule has 0 aromatic rings. The van der Waals surface area contributed by atoms with Crippen molar-refractivity contribution in [2.24, 2.45) is 0 Å². The lowest BCUT2D eigenvalue weighted by Gasteiger charge is -2.42. The van der Waals surface area contributed by atoms with Gasteiger partial charge < -0.3 is 64.2 Å². The molecule has 0 bridgehead atoms. The molecule has 0 aliphatic carbocycles. The van der Waals surface area contributed by atoms with Crippen LogP contribution in [0, 0.1) is 0 Å². The fraction of sp³-hybridized carbons (Fsp3) is 0.887. The molecule has 2 fully saturated rings. The molecule has 0 saturated carbocycles. The van der Waals surface area contributed by atoms with Gasteiger partial charge in [-0.3, -0.25) is 9.59 Å². The zero-order chi connectivity index (χ0) is 49.6. The largest absolute Gasteiger partial charge is 0.462 e. The molecule has 2 rings (SSSR count). The molecule has 7 N–H and O–H groups in total. The first kappa shape index (κ1) is 62.1. The minimum absolute atomic E-state index is 0.155. The molecule has 0 spiro atoms. The van der Waals surface area contributed by atoms with E-state index in [1.165, 1.54) is 89.9 Å². The molecule has 15 heteroatoms. The molecule has 68 heavy (non-hydrogen) atoms. The summed E-state index contributed by atoms with van der Waals surface area (Å²) in [7, 11) is 0. The van der Waals surface area contributed by atoms with Gasteiger partial charge in [-0.25, -0.2) is 0 Å². The van der Waals surface area contributed by atoms with E-state index in [0.29, 0.717) is 12.8 Å². The highest BCUT2D eigenvalue weighted by Crippen LogP contribution is 2.26. The van der Waals surface area contributed by atoms with E-state index in [-0.39, 0.29) is 26.1 Å². The van der Waals surface area contributed by atoms with Gasteiger partial charge in [-0.2, -0.15) is 0 Å². The molecular weight excluding hydrogens is 877 g/mol. The Bertz CT molecular complexity index is 1280. The fourth-order valence-corrected chi connectivity index (χ4v) is 8.44. The van der Waals surface area contributed by atoms with Crippen LogP contribution in [0.1, 0.15) is 206 Å². The van der Waals surface area contributed by atoms with Gasteiger partial charge in [-0.1, -0.05) is 154 Å². The van der Waals surface area contributed by atoms with Crippen LogP contribution < -0.4 is 0 Å². The van der Waals surface area contributed by atoms with Crippen LogP contribution in [-0.2, 0) is 38.0 Å². The number of hydrogen-bond donors (Lipinski definition) is 7. The number of carbonyl (C=O) groups is 2. The Morgan fingerprint density at radius 2 is 0.838 bits per heavy atom. The Hall–Kier alpha value is -2.02. The van der Waals surface area contributed by atoms with E-state index >= 15 is 0 Å². The maximum atomic E-state index is 13.0. The molecular formula is C53H96O15. The Morgan fingerprint density at radius 1 is 0.456 bits per heavy atom. The summed E-state index contributed by atoms with van der Waals surface area (Å²) in [6.07, 6.45) is 24.8. The van der Waals surface area contributed by atoms with E-state index in [0.717, 1.165) is 77.0 Å². The van der Waals surface area contributed by atoms with Crippen molar-refractivity contribution in [2.45, 2.75) is 274 Å². The Balaban J connectivity index is 1.80. The van der Waals surface area contributed by atoms with Crippen molar-refractivity contribution in [1.29, 1.82) is 0 Å². The topological polar surface area (TPSA) is 231 Å². The molecule has 0 aromatic carbocycles. The predicted molar refractivity (Wildman–Crippen MR) is 261 cm³/mol. The summed E-state index contributed by atoms with van der Waals surface area (Å²) in [4.78, 5) is 25.8. The van der Waals surface area contributed by atoms with E-state index in [1.54, 1.807) is 0 Å². The first-order chi connectivity index (χ1) is 33.0. The van der Waals surface area contributed by atoms with Gasteiger partial charge in [0.1, 0.15) is 55.4 Å². The lowest BCUT2D eigenvalue weighted by molar-refractivity contribution is -0.332. The third kappa shape index (κ3) is 28.1. The number of ether oxygens (including phenoxy) is 6. The molecule has 2 aliphatic heterocycles. The molecule has 11 atom stereocenters. The van der Waals surface area contributed by atoms with Gasteiger partial charge in [0.05, 0.1) is 19.8 Å². The number of hydrogen-bond acceptors (Lipinski definition) is 15. The molecule has 0 radical (unpaired) electrons. The molecule has 11 unspecified atom stereocenters. The second-order valence-electron chi connectivity index (χ2n) is 19.0. The number of allylic oxidation sites excluding steroid dienone is 4. The van der Waals surface area contributed by atoms with Crippen LogP contribution in [0.3, 0.4) is 0 Å². The number of rotatable bonds is 42. The van der Waals surface area contributed by atoms with Crippen molar-refractivity contribution in [3.63, 3.8) is 0 Å². The second-order valence-corrected chi connectivity index (χ2v) is 19.0. The fourth-order valence-electron chi connectivity index (χ4n) is 8.44. The van der Waals surface area contributed by atoms with E-state index in [1.807, 2.05) is 0 Å². The van der Waals surface area contributed by atoms with Gasteiger partial charge in [0.15, 0.2) is 18.7 Å². The molecule has 0 aromatic heterocycles. The van der Waals surface area contributed by atoms with Gasteiger partial charge in [0, 0.05) is 12.8 Å². The molecule has 2 saturated heterocycles. The quantitative estimate of drug-likeness (QED) is 0.0175. The van der Waals surface area contributed by atoms with Crippen molar-refractivity contribution < 1.29 is 73.8 Å². The zero-order valence-electron chi connectivity index (χ0n) is 42.1. The lowest BCUT2D eigenvalue weighted by Crippen LogP contribution is -2.61. The Labute approximate surface area is 409 Å². The normalized spacial score (nSPS) is 25.9. The maximum absolute atomic E-state index is 13.0. The van der Waals surface area contributed by atoms with E-state index < -0.39 is 92.7 Å². The van der Waals surface area contributed by atoms with Gasteiger partial charge in [0.25, 0.3) is 0 Å². The van der Waals surface area contributed by atoms with Crippen LogP contribution in [-0.4, -0.2) is 142 Å². The molecule has 2 aliphatic rings. The van der Waals surface area contributed by atoms with Crippen LogP contribution in [0.15, 0.2) is 24.3 Å². The second kappa shape index (κ2) is 40.6. The summed E-state index contributed by atoms with van der Waals surface area (Å²) in [6, 6.07) is 0. The number of carbonyl (C=O) groups excluding carboxylic acids is 2. The predicted octanol–water partition coefficient (Wildman–Crippen LogP) is 7.94. The van der Waals surface area contributed by atoms with E-state index in [4.69, 9.17) is 28.4 Å². The number of aliphatic hydroxyl groups excluding tert-OH is 7. The molecule has 2 heterocycles. The third-order valence-electron chi connectivity index (χ3n) is 12.9. The maximum Gasteiger partial charge on any atom is 0.306 e. The summed E-state index contributed by atoms with van der Waals surface area (Å²) in [5.41, 5.74) is 0. The summed E-state index contributed by atoms with van der Waals surface area (Å²) < 4.78 is 33.6. The Kier molecular flexibility index (Phi) is 37.0. The zero-order valence-corrected chi connectivity index (χ0v) is 42.1. The van der Waals surface area contributed by atoms with Crippen LogP contribution in [0.5, 0.6) is 0 Å². The third-order valence-corrected chi connectivity index (χ3v) is 12.9. The summed E-state index contributed by atoms with van der Waals surface area (Å²) >= 11 is 0. The van der Waals surface area contributed by atoms with Crippen LogP contribution in [0.25, 0.3) is 0 Å². The van der Waals surface area contributed by atoms with Crippen LogP contribution in [0.4, 0.5) is 0 Å². The molecule has 398 valence electrons. The van der Waals surface area contributed by atoms with Crippen LogP contribution in [0.2, 0.25) is 0 Å². The van der Waals surface area contributed by atoms with Crippen molar-refractivity contribution in [2.75, 3.05) is 26.4 Å². The van der Waals surface area contributed by atoms with E-state index in [9.17, 15) is 45.3 Å². The minimum atomic E-state index is -1.77.